The van der Waals surface area contributed by atoms with E-state index in [2.05, 4.69) is 31.9 Å². The van der Waals surface area contributed by atoms with E-state index >= 15 is 0 Å². The summed E-state index contributed by atoms with van der Waals surface area (Å²) >= 11 is 5.19. The Morgan fingerprint density at radius 1 is 1.48 bits per heavy atom. The molecule has 116 valence electrons. The summed E-state index contributed by atoms with van der Waals surface area (Å²) in [6, 6.07) is 13.5. The van der Waals surface area contributed by atoms with Crippen molar-refractivity contribution in [3.8, 4) is 6.07 Å². The largest absolute Gasteiger partial charge is 0.322 e. The molecule has 3 rings (SSSR count). The van der Waals surface area contributed by atoms with Crippen LogP contribution in [0.25, 0.3) is 0 Å². The lowest BCUT2D eigenvalue weighted by atomic mass is 10.1. The number of halogens is 1. The Morgan fingerprint density at radius 2 is 2.22 bits per heavy atom. The molecule has 1 aromatic heterocycles. The van der Waals surface area contributed by atoms with Gasteiger partial charge in [-0.25, -0.2) is 0 Å². The van der Waals surface area contributed by atoms with Crippen LogP contribution in [0.1, 0.15) is 27.7 Å². The van der Waals surface area contributed by atoms with Crippen LogP contribution < -0.4 is 9.88 Å². The van der Waals surface area contributed by atoms with E-state index in [9.17, 15) is 10.1 Å². The third-order valence-corrected chi connectivity index (χ3v) is 5.83. The van der Waals surface area contributed by atoms with E-state index in [-0.39, 0.29) is 11.9 Å². The number of anilines is 1. The molecule has 23 heavy (non-hydrogen) atoms. The molecular weight excluding hydrogens is 374 g/mol. The summed E-state index contributed by atoms with van der Waals surface area (Å²) in [7, 11) is 0. The number of aromatic nitrogens is 1. The van der Waals surface area contributed by atoms with E-state index in [1.165, 1.54) is 0 Å². The number of fused-ring (bicyclic) bond motifs is 1. The van der Waals surface area contributed by atoms with Gasteiger partial charge in [0.05, 0.1) is 11.1 Å². The summed E-state index contributed by atoms with van der Waals surface area (Å²) in [4.78, 5) is 12.6. The quantitative estimate of drug-likeness (QED) is 0.646. The number of hydrogen-bond acceptors (Lipinski definition) is 3. The summed E-state index contributed by atoms with van der Waals surface area (Å²) in [6.45, 7) is 1.94. The summed E-state index contributed by atoms with van der Waals surface area (Å²) in [5.41, 5.74) is 2.74. The molecule has 0 saturated heterocycles. The van der Waals surface area contributed by atoms with Gasteiger partial charge in [0.25, 0.3) is 10.9 Å². The number of amides is 1. The maximum atomic E-state index is 12.6. The van der Waals surface area contributed by atoms with Crippen molar-refractivity contribution in [3.05, 3.63) is 53.2 Å². The molecule has 6 heteroatoms. The van der Waals surface area contributed by atoms with Crippen molar-refractivity contribution in [2.75, 3.05) is 16.4 Å². The van der Waals surface area contributed by atoms with Crippen molar-refractivity contribution < 1.29 is 9.36 Å². The van der Waals surface area contributed by atoms with Crippen LogP contribution in [-0.2, 0) is 0 Å². The van der Waals surface area contributed by atoms with E-state index in [0.29, 0.717) is 11.1 Å². The fourth-order valence-corrected chi connectivity index (χ4v) is 4.83. The second-order valence-electron chi connectivity index (χ2n) is 5.28. The lowest BCUT2D eigenvalue weighted by Crippen LogP contribution is -2.44. The first-order valence-electron chi connectivity index (χ1n) is 7.20. The number of alkyl halides is 1. The minimum Gasteiger partial charge on any atom is -0.322 e. The average molecular weight is 389 g/mol. The standard InChI is InChI=1S/C17H14BrN3OS/c1-11-15(16(22)20-13-5-3-2-4-6-13)7-12(9-19)17-21(11)14(8-18)10-23-17/h2-7,14H,8,10H2,1H3/p+1. The van der Waals surface area contributed by atoms with E-state index in [1.807, 2.05) is 37.3 Å². The lowest BCUT2D eigenvalue weighted by Gasteiger charge is -2.10. The fraction of sp³-hybridized carbons (Fsp3) is 0.235. The maximum absolute atomic E-state index is 12.6. The SMILES string of the molecule is Cc1c(C(=O)Nc2ccccc2)cc(C#N)c2[n+]1C(CBr)CS2. The molecule has 0 spiro atoms. The number of nitrogens with zero attached hydrogens (tertiary/aromatic N) is 2. The van der Waals surface area contributed by atoms with Crippen molar-refractivity contribution in [3.63, 3.8) is 0 Å². The Labute approximate surface area is 147 Å². The van der Waals surface area contributed by atoms with Gasteiger partial charge in [-0.1, -0.05) is 34.1 Å². The van der Waals surface area contributed by atoms with Gasteiger partial charge in [-0.2, -0.15) is 9.83 Å². The number of para-hydroxylation sites is 1. The molecule has 2 heterocycles. The van der Waals surface area contributed by atoms with Crippen LogP contribution in [0.4, 0.5) is 5.69 Å². The number of benzene rings is 1. The molecule has 1 atom stereocenters. The molecule has 1 unspecified atom stereocenters. The first kappa shape index (κ1) is 16.0. The van der Waals surface area contributed by atoms with E-state index in [1.54, 1.807) is 17.8 Å². The number of rotatable bonds is 3. The highest BCUT2D eigenvalue weighted by Crippen LogP contribution is 2.32. The van der Waals surface area contributed by atoms with Gasteiger partial charge in [-0.15, -0.1) is 0 Å². The number of nitriles is 1. The Morgan fingerprint density at radius 3 is 2.87 bits per heavy atom. The predicted molar refractivity (Wildman–Crippen MR) is 94.0 cm³/mol. The smallest absolute Gasteiger partial charge is 0.262 e. The normalized spacial score (nSPS) is 15.8. The highest BCUT2D eigenvalue weighted by atomic mass is 79.9. The maximum Gasteiger partial charge on any atom is 0.262 e. The third kappa shape index (κ3) is 2.99. The van der Waals surface area contributed by atoms with Crippen LogP contribution >= 0.6 is 27.7 Å². The highest BCUT2D eigenvalue weighted by molar-refractivity contribution is 9.09. The van der Waals surface area contributed by atoms with E-state index in [0.717, 1.165) is 27.5 Å². The van der Waals surface area contributed by atoms with Crippen molar-refractivity contribution in [1.82, 2.24) is 0 Å². The topological polar surface area (TPSA) is 56.8 Å². The summed E-state index contributed by atoms with van der Waals surface area (Å²) in [5, 5.41) is 14.1. The molecule has 0 radical (unpaired) electrons. The summed E-state index contributed by atoms with van der Waals surface area (Å²) in [5.74, 6) is 0.718. The Bertz CT molecular complexity index is 802. The van der Waals surface area contributed by atoms with Crippen LogP contribution in [0.5, 0.6) is 0 Å². The lowest BCUT2D eigenvalue weighted by molar-refractivity contribution is -0.748. The molecule has 1 aromatic carbocycles. The zero-order chi connectivity index (χ0) is 16.4. The molecule has 1 aliphatic rings. The molecule has 1 N–H and O–H groups in total. The van der Waals surface area contributed by atoms with Crippen molar-refractivity contribution in [2.24, 2.45) is 0 Å². The monoisotopic (exact) mass is 388 g/mol. The number of hydrogen-bond donors (Lipinski definition) is 1. The minimum atomic E-state index is -0.189. The van der Waals surface area contributed by atoms with Gasteiger partial charge in [-0.3, -0.25) is 4.79 Å². The van der Waals surface area contributed by atoms with E-state index in [4.69, 9.17) is 0 Å². The van der Waals surface area contributed by atoms with Crippen LogP contribution in [-0.4, -0.2) is 17.0 Å². The van der Waals surface area contributed by atoms with Gasteiger partial charge < -0.3 is 5.32 Å². The number of carbonyl (C=O) groups excluding carboxylic acids is 1. The number of carbonyl (C=O) groups is 1. The second-order valence-corrected chi connectivity index (χ2v) is 6.94. The molecule has 4 nitrogen and oxygen atoms in total. The first-order valence-corrected chi connectivity index (χ1v) is 9.30. The predicted octanol–water partition coefficient (Wildman–Crippen LogP) is 3.45. The molecule has 0 aliphatic carbocycles. The van der Waals surface area contributed by atoms with Crippen molar-refractivity contribution in [1.29, 1.82) is 5.26 Å². The first-order chi connectivity index (χ1) is 11.2. The van der Waals surface area contributed by atoms with Crippen LogP contribution in [0.2, 0.25) is 0 Å². The van der Waals surface area contributed by atoms with Crippen LogP contribution in [0.3, 0.4) is 0 Å². The molecule has 0 fully saturated rings. The van der Waals surface area contributed by atoms with Gasteiger partial charge in [0.1, 0.15) is 17.2 Å². The van der Waals surface area contributed by atoms with Gasteiger partial charge in [0.2, 0.25) is 0 Å². The highest BCUT2D eigenvalue weighted by Gasteiger charge is 2.37. The molecule has 0 saturated carbocycles. The number of nitrogens with one attached hydrogen (secondary N) is 1. The Balaban J connectivity index is 2.03. The van der Waals surface area contributed by atoms with Crippen LogP contribution in [0, 0.1) is 18.3 Å². The average Bonchev–Trinajstić information content (AvgIpc) is 3.01. The van der Waals surface area contributed by atoms with Gasteiger partial charge in [0, 0.05) is 12.6 Å². The summed E-state index contributed by atoms with van der Waals surface area (Å²) < 4.78 is 2.11. The zero-order valence-electron chi connectivity index (χ0n) is 12.5. The molecule has 1 amide bonds. The van der Waals surface area contributed by atoms with Crippen molar-refractivity contribution >= 4 is 39.3 Å². The van der Waals surface area contributed by atoms with Gasteiger partial charge in [-0.05, 0) is 30.0 Å². The Hall–Kier alpha value is -1.84. The molecule has 0 bridgehead atoms. The zero-order valence-corrected chi connectivity index (χ0v) is 14.9. The molecular formula is C17H15BrN3OS+. The van der Waals surface area contributed by atoms with Crippen LogP contribution in [0.15, 0.2) is 41.4 Å². The number of thioether (sulfide) groups is 1. The minimum absolute atomic E-state index is 0.189. The Kier molecular flexibility index (Phi) is 4.69. The third-order valence-electron chi connectivity index (χ3n) is 3.84. The van der Waals surface area contributed by atoms with Gasteiger partial charge in [0.15, 0.2) is 11.7 Å². The molecule has 2 aromatic rings. The van der Waals surface area contributed by atoms with Crippen molar-refractivity contribution in [2.45, 2.75) is 18.0 Å². The molecule has 1 aliphatic heterocycles. The van der Waals surface area contributed by atoms with E-state index < -0.39 is 0 Å². The second kappa shape index (κ2) is 6.73. The van der Waals surface area contributed by atoms with Gasteiger partial charge >= 0.3 is 0 Å². The summed E-state index contributed by atoms with van der Waals surface area (Å²) in [6.07, 6.45) is 0. The number of pyridine rings is 1. The fourth-order valence-electron chi connectivity index (χ4n) is 2.70.